The van der Waals surface area contributed by atoms with Crippen LogP contribution in [0.15, 0.2) is 41.3 Å². The van der Waals surface area contributed by atoms with Gasteiger partial charge in [-0.25, -0.2) is 17.8 Å². The summed E-state index contributed by atoms with van der Waals surface area (Å²) in [7, 11) is -2.19. The van der Waals surface area contributed by atoms with Gasteiger partial charge in [-0.15, -0.1) is 0 Å². The second-order valence-corrected chi connectivity index (χ2v) is 8.16. The van der Waals surface area contributed by atoms with Crippen LogP contribution in [0.25, 0.3) is 0 Å². The van der Waals surface area contributed by atoms with Gasteiger partial charge in [0.2, 0.25) is 10.0 Å². The van der Waals surface area contributed by atoms with E-state index < -0.39 is 21.7 Å². The van der Waals surface area contributed by atoms with Crippen molar-refractivity contribution in [3.63, 3.8) is 0 Å². The van der Waals surface area contributed by atoms with Crippen molar-refractivity contribution in [2.75, 3.05) is 33.3 Å². The first-order chi connectivity index (χ1) is 12.8. The highest BCUT2D eigenvalue weighted by molar-refractivity contribution is 7.89. The van der Waals surface area contributed by atoms with Gasteiger partial charge in [-0.1, -0.05) is 11.6 Å². The average Bonchev–Trinajstić information content (AvgIpc) is 2.69. The summed E-state index contributed by atoms with van der Waals surface area (Å²) in [4.78, 5) is 17.7. The van der Waals surface area contributed by atoms with Crippen LogP contribution in [0, 0.1) is 5.82 Å². The quantitative estimate of drug-likeness (QED) is 0.716. The van der Waals surface area contributed by atoms with E-state index in [0.717, 1.165) is 6.07 Å². The minimum atomic E-state index is -3.69. The molecular formula is C17H17ClFN3O4S. The topological polar surface area (TPSA) is 79.8 Å². The fourth-order valence-corrected chi connectivity index (χ4v) is 4.32. The molecule has 3 rings (SSSR count). The zero-order valence-corrected chi connectivity index (χ0v) is 16.0. The molecule has 27 heavy (non-hydrogen) atoms. The summed E-state index contributed by atoms with van der Waals surface area (Å²) < 4.78 is 45.6. The fourth-order valence-electron chi connectivity index (χ4n) is 2.75. The van der Waals surface area contributed by atoms with Crippen LogP contribution >= 0.6 is 11.6 Å². The number of benzene rings is 1. The normalized spacial score (nSPS) is 15.6. The van der Waals surface area contributed by atoms with Gasteiger partial charge in [0, 0.05) is 26.2 Å². The maximum atomic E-state index is 13.8. The second kappa shape index (κ2) is 7.79. The highest BCUT2D eigenvalue weighted by atomic mass is 35.5. The largest absolute Gasteiger partial charge is 0.497 e. The van der Waals surface area contributed by atoms with E-state index in [0.29, 0.717) is 5.75 Å². The van der Waals surface area contributed by atoms with Crippen LogP contribution in [-0.4, -0.2) is 61.8 Å². The Morgan fingerprint density at radius 2 is 1.74 bits per heavy atom. The van der Waals surface area contributed by atoms with Crippen LogP contribution in [-0.2, 0) is 10.0 Å². The number of rotatable bonds is 4. The lowest BCUT2D eigenvalue weighted by Crippen LogP contribution is -2.50. The van der Waals surface area contributed by atoms with E-state index in [4.69, 9.17) is 16.3 Å². The summed E-state index contributed by atoms with van der Waals surface area (Å²) in [5.41, 5.74) is -0.367. The number of ether oxygens (including phenoxy) is 1. The molecule has 7 nitrogen and oxygen atoms in total. The Morgan fingerprint density at radius 1 is 1.11 bits per heavy atom. The summed E-state index contributed by atoms with van der Waals surface area (Å²) >= 11 is 5.73. The van der Waals surface area contributed by atoms with Gasteiger partial charge >= 0.3 is 0 Å². The number of methoxy groups -OCH3 is 1. The Labute approximate surface area is 161 Å². The van der Waals surface area contributed by atoms with Crippen LogP contribution in [0.3, 0.4) is 0 Å². The second-order valence-electron chi connectivity index (χ2n) is 5.84. The molecule has 0 spiro atoms. The molecule has 1 aromatic heterocycles. The molecule has 2 heterocycles. The van der Waals surface area contributed by atoms with Crippen molar-refractivity contribution in [3.8, 4) is 5.75 Å². The maximum Gasteiger partial charge on any atom is 0.275 e. The lowest BCUT2D eigenvalue weighted by atomic mass is 10.2. The number of amides is 1. The number of sulfonamides is 1. The molecule has 1 fully saturated rings. The molecule has 1 amide bonds. The third kappa shape index (κ3) is 4.05. The Kier molecular flexibility index (Phi) is 5.64. The third-order valence-electron chi connectivity index (χ3n) is 4.24. The number of hydrogen-bond acceptors (Lipinski definition) is 5. The molecule has 10 heteroatoms. The molecule has 144 valence electrons. The number of halogens is 2. The molecule has 0 atom stereocenters. The van der Waals surface area contributed by atoms with E-state index in [1.807, 2.05) is 0 Å². The monoisotopic (exact) mass is 413 g/mol. The molecule has 0 bridgehead atoms. The first kappa shape index (κ1) is 19.5. The SMILES string of the molecule is COc1ccc(S(=O)(=O)N2CCN(C(=O)c3nc(Cl)ccc3F)CC2)cc1. The lowest BCUT2D eigenvalue weighted by molar-refractivity contribution is 0.0686. The summed E-state index contributed by atoms with van der Waals surface area (Å²) in [5, 5.41) is 0.0143. The van der Waals surface area contributed by atoms with Crippen LogP contribution in [0.2, 0.25) is 5.15 Å². The highest BCUT2D eigenvalue weighted by Crippen LogP contribution is 2.21. The lowest BCUT2D eigenvalue weighted by Gasteiger charge is -2.33. The molecule has 1 aliphatic heterocycles. The predicted molar refractivity (Wildman–Crippen MR) is 96.9 cm³/mol. The van der Waals surface area contributed by atoms with Gasteiger partial charge in [0.15, 0.2) is 11.5 Å². The molecule has 0 saturated carbocycles. The number of carbonyl (C=O) groups is 1. The first-order valence-corrected chi connectivity index (χ1v) is 9.90. The number of hydrogen-bond donors (Lipinski definition) is 0. The molecule has 1 aromatic carbocycles. The minimum Gasteiger partial charge on any atom is -0.497 e. The Balaban J connectivity index is 1.70. The predicted octanol–water partition coefficient (Wildman–Crippen LogP) is 2.03. The number of carbonyl (C=O) groups excluding carboxylic acids is 1. The Bertz CT molecular complexity index is 945. The molecule has 0 N–H and O–H groups in total. The summed E-state index contributed by atoms with van der Waals surface area (Å²) in [6.45, 7) is 0.453. The van der Waals surface area contributed by atoms with Gasteiger partial charge in [-0.3, -0.25) is 4.79 Å². The van der Waals surface area contributed by atoms with Crippen LogP contribution < -0.4 is 4.74 Å². The molecule has 1 saturated heterocycles. The Morgan fingerprint density at radius 3 is 2.33 bits per heavy atom. The van der Waals surface area contributed by atoms with Crippen LogP contribution in [0.5, 0.6) is 5.75 Å². The van der Waals surface area contributed by atoms with E-state index in [1.165, 1.54) is 34.5 Å². The van der Waals surface area contributed by atoms with Gasteiger partial charge < -0.3 is 9.64 Å². The molecule has 1 aliphatic rings. The van der Waals surface area contributed by atoms with E-state index >= 15 is 0 Å². The van der Waals surface area contributed by atoms with Gasteiger partial charge in [0.25, 0.3) is 5.91 Å². The summed E-state index contributed by atoms with van der Waals surface area (Å²) in [6, 6.07) is 8.41. The first-order valence-electron chi connectivity index (χ1n) is 8.08. The van der Waals surface area contributed by atoms with Gasteiger partial charge in [0.05, 0.1) is 12.0 Å². The van der Waals surface area contributed by atoms with Crippen molar-refractivity contribution in [3.05, 3.63) is 53.1 Å². The zero-order chi connectivity index (χ0) is 19.6. The third-order valence-corrected chi connectivity index (χ3v) is 6.36. The van der Waals surface area contributed by atoms with Crippen molar-refractivity contribution >= 4 is 27.5 Å². The highest BCUT2D eigenvalue weighted by Gasteiger charge is 2.31. The van der Waals surface area contributed by atoms with Crippen molar-refractivity contribution in [1.82, 2.24) is 14.2 Å². The maximum absolute atomic E-state index is 13.8. The minimum absolute atomic E-state index is 0.0143. The number of aromatic nitrogens is 1. The Hall–Kier alpha value is -2.23. The number of piperazine rings is 1. The van der Waals surface area contributed by atoms with Crippen molar-refractivity contribution in [2.45, 2.75) is 4.90 Å². The van der Waals surface area contributed by atoms with Crippen LogP contribution in [0.1, 0.15) is 10.5 Å². The summed E-state index contributed by atoms with van der Waals surface area (Å²) in [5.74, 6) is -0.824. The number of pyridine rings is 1. The van der Waals surface area contributed by atoms with E-state index in [-0.39, 0.29) is 41.9 Å². The van der Waals surface area contributed by atoms with Crippen molar-refractivity contribution in [2.24, 2.45) is 0 Å². The van der Waals surface area contributed by atoms with E-state index in [9.17, 15) is 17.6 Å². The molecule has 0 radical (unpaired) electrons. The van der Waals surface area contributed by atoms with Crippen molar-refractivity contribution in [1.29, 1.82) is 0 Å². The van der Waals surface area contributed by atoms with E-state index in [2.05, 4.69) is 4.98 Å². The average molecular weight is 414 g/mol. The number of nitrogens with zero attached hydrogens (tertiary/aromatic N) is 3. The molecule has 0 unspecified atom stereocenters. The molecule has 0 aliphatic carbocycles. The smallest absolute Gasteiger partial charge is 0.275 e. The molecular weight excluding hydrogens is 397 g/mol. The van der Waals surface area contributed by atoms with Gasteiger partial charge in [-0.05, 0) is 36.4 Å². The summed E-state index contributed by atoms with van der Waals surface area (Å²) in [6.07, 6.45) is 0. The standard InChI is InChI=1S/C17H17ClFN3O4S/c1-26-12-2-4-13(5-3-12)27(24,25)22-10-8-21(9-11-22)17(23)16-14(19)6-7-15(18)20-16/h2-7H,8-11H2,1H3. The zero-order valence-electron chi connectivity index (χ0n) is 14.4. The van der Waals surface area contributed by atoms with Crippen molar-refractivity contribution < 1.29 is 22.3 Å². The fraction of sp³-hybridized carbons (Fsp3) is 0.294. The molecule has 2 aromatic rings. The van der Waals surface area contributed by atoms with E-state index in [1.54, 1.807) is 12.1 Å². The van der Waals surface area contributed by atoms with Gasteiger partial charge in [-0.2, -0.15) is 4.31 Å². The van der Waals surface area contributed by atoms with Gasteiger partial charge in [0.1, 0.15) is 10.9 Å². The van der Waals surface area contributed by atoms with Crippen LogP contribution in [0.4, 0.5) is 4.39 Å².